The zero-order valence-corrected chi connectivity index (χ0v) is 14.6. The van der Waals surface area contributed by atoms with Gasteiger partial charge in [0.05, 0.1) is 5.71 Å². The van der Waals surface area contributed by atoms with Gasteiger partial charge in [0.25, 0.3) is 5.91 Å². The van der Waals surface area contributed by atoms with E-state index in [0.29, 0.717) is 11.3 Å². The van der Waals surface area contributed by atoms with Crippen molar-refractivity contribution in [2.45, 2.75) is 33.1 Å². The lowest BCUT2D eigenvalue weighted by molar-refractivity contribution is -0.114. The van der Waals surface area contributed by atoms with Gasteiger partial charge in [0.15, 0.2) is 0 Å². The molecule has 0 fully saturated rings. The summed E-state index contributed by atoms with van der Waals surface area (Å²) in [4.78, 5) is 23.3. The molecule has 2 aromatic carbocycles. The molecule has 0 bridgehead atoms. The van der Waals surface area contributed by atoms with E-state index in [9.17, 15) is 9.59 Å². The summed E-state index contributed by atoms with van der Waals surface area (Å²) in [7, 11) is 0. The Hall–Kier alpha value is -2.95. The molecule has 0 aliphatic carbocycles. The Morgan fingerprint density at radius 2 is 1.64 bits per heavy atom. The number of amides is 2. The Kier molecular flexibility index (Phi) is 6.89. The maximum atomic E-state index is 12.3. The number of unbranched alkanes of at least 4 members (excludes halogenated alkanes) is 1. The molecule has 25 heavy (non-hydrogen) atoms. The Labute approximate surface area is 148 Å². The zero-order chi connectivity index (χ0) is 18.1. The second-order valence-electron chi connectivity index (χ2n) is 5.73. The Balaban J connectivity index is 2.08. The molecule has 2 rings (SSSR count). The minimum absolute atomic E-state index is 0.148. The van der Waals surface area contributed by atoms with Crippen LogP contribution in [0.1, 0.15) is 49.0 Å². The van der Waals surface area contributed by atoms with Gasteiger partial charge in [0.2, 0.25) is 5.91 Å². The van der Waals surface area contributed by atoms with Crippen LogP contribution in [0.25, 0.3) is 0 Å². The summed E-state index contributed by atoms with van der Waals surface area (Å²) in [6.45, 7) is 3.56. The quantitative estimate of drug-likeness (QED) is 0.593. The Morgan fingerprint density at radius 3 is 2.24 bits per heavy atom. The van der Waals surface area contributed by atoms with Gasteiger partial charge in [0.1, 0.15) is 0 Å². The summed E-state index contributed by atoms with van der Waals surface area (Å²) in [6, 6.07) is 16.5. The Bertz CT molecular complexity index is 737. The molecule has 0 radical (unpaired) electrons. The van der Waals surface area contributed by atoms with Crippen molar-refractivity contribution >= 4 is 23.2 Å². The summed E-state index contributed by atoms with van der Waals surface area (Å²) in [6.07, 6.45) is 2.88. The van der Waals surface area contributed by atoms with Crippen molar-refractivity contribution in [1.29, 1.82) is 0 Å². The highest BCUT2D eigenvalue weighted by Crippen LogP contribution is 2.10. The van der Waals surface area contributed by atoms with Gasteiger partial charge in [0, 0.05) is 18.2 Å². The molecule has 0 atom stereocenters. The molecule has 130 valence electrons. The second-order valence-corrected chi connectivity index (χ2v) is 5.73. The van der Waals surface area contributed by atoms with Crippen LogP contribution in [0.5, 0.6) is 0 Å². The van der Waals surface area contributed by atoms with E-state index in [-0.39, 0.29) is 11.8 Å². The third kappa shape index (κ3) is 5.88. The molecular weight excluding hydrogens is 314 g/mol. The predicted molar refractivity (Wildman–Crippen MR) is 101 cm³/mol. The average molecular weight is 337 g/mol. The summed E-state index contributed by atoms with van der Waals surface area (Å²) in [5.74, 6) is -0.426. The highest BCUT2D eigenvalue weighted by molar-refractivity contribution is 6.02. The molecular formula is C20H23N3O2. The van der Waals surface area contributed by atoms with E-state index in [4.69, 9.17) is 0 Å². The summed E-state index contributed by atoms with van der Waals surface area (Å²) in [5, 5.41) is 6.99. The number of rotatable bonds is 7. The standard InChI is InChI=1S/C20H23N3O2/c1-3-4-10-19(16-8-6-5-7-9-16)22-23-20(25)17-11-13-18(14-12-17)21-15(2)24/h5-9,11-14H,3-4,10H2,1-2H3,(H,21,24)(H,23,25)/b22-19+. The van der Waals surface area contributed by atoms with Crippen molar-refractivity contribution in [3.63, 3.8) is 0 Å². The van der Waals surface area contributed by atoms with E-state index in [1.54, 1.807) is 24.3 Å². The largest absolute Gasteiger partial charge is 0.326 e. The number of hydrazone groups is 1. The number of nitrogens with zero attached hydrogens (tertiary/aromatic N) is 1. The number of hydrogen-bond acceptors (Lipinski definition) is 3. The van der Waals surface area contributed by atoms with Crippen LogP contribution in [-0.2, 0) is 4.79 Å². The van der Waals surface area contributed by atoms with E-state index in [1.165, 1.54) is 6.92 Å². The van der Waals surface area contributed by atoms with Crippen molar-refractivity contribution in [3.05, 3.63) is 65.7 Å². The molecule has 2 amide bonds. The molecule has 5 nitrogen and oxygen atoms in total. The number of carbonyl (C=O) groups excluding carboxylic acids is 2. The lowest BCUT2D eigenvalue weighted by Crippen LogP contribution is -2.20. The average Bonchev–Trinajstić information content (AvgIpc) is 2.62. The number of carbonyl (C=O) groups is 2. The summed E-state index contributed by atoms with van der Waals surface area (Å²) >= 11 is 0. The van der Waals surface area contributed by atoms with Crippen molar-refractivity contribution in [1.82, 2.24) is 5.43 Å². The maximum absolute atomic E-state index is 12.3. The van der Waals surface area contributed by atoms with E-state index >= 15 is 0 Å². The summed E-state index contributed by atoms with van der Waals surface area (Å²) in [5.41, 5.74) is 5.65. The highest BCUT2D eigenvalue weighted by atomic mass is 16.2. The van der Waals surface area contributed by atoms with Gasteiger partial charge in [-0.3, -0.25) is 9.59 Å². The van der Waals surface area contributed by atoms with E-state index in [0.717, 1.165) is 30.5 Å². The number of anilines is 1. The van der Waals surface area contributed by atoms with Crippen molar-refractivity contribution < 1.29 is 9.59 Å². The maximum Gasteiger partial charge on any atom is 0.271 e. The van der Waals surface area contributed by atoms with Crippen LogP contribution < -0.4 is 10.7 Å². The molecule has 5 heteroatoms. The SMILES string of the molecule is CCCC/C(=N\NC(=O)c1ccc(NC(C)=O)cc1)c1ccccc1. The lowest BCUT2D eigenvalue weighted by atomic mass is 10.1. The molecule has 0 saturated heterocycles. The van der Waals surface area contributed by atoms with Crippen LogP contribution in [0.3, 0.4) is 0 Å². The van der Waals surface area contributed by atoms with Crippen LogP contribution in [-0.4, -0.2) is 17.5 Å². The Morgan fingerprint density at radius 1 is 0.960 bits per heavy atom. The topological polar surface area (TPSA) is 70.6 Å². The van der Waals surface area contributed by atoms with E-state index in [1.807, 2.05) is 30.3 Å². The number of nitrogens with one attached hydrogen (secondary N) is 2. The van der Waals surface area contributed by atoms with Crippen LogP contribution in [0.15, 0.2) is 59.7 Å². The van der Waals surface area contributed by atoms with Crippen LogP contribution in [0, 0.1) is 0 Å². The lowest BCUT2D eigenvalue weighted by Gasteiger charge is -2.08. The molecule has 0 aliphatic rings. The van der Waals surface area contributed by atoms with E-state index < -0.39 is 0 Å². The smallest absolute Gasteiger partial charge is 0.271 e. The van der Waals surface area contributed by atoms with Gasteiger partial charge in [-0.1, -0.05) is 43.7 Å². The number of benzene rings is 2. The van der Waals surface area contributed by atoms with E-state index in [2.05, 4.69) is 22.8 Å². The first-order chi connectivity index (χ1) is 12.1. The van der Waals surface area contributed by atoms with Gasteiger partial charge in [-0.2, -0.15) is 5.10 Å². The zero-order valence-electron chi connectivity index (χ0n) is 14.6. The monoisotopic (exact) mass is 337 g/mol. The molecule has 0 spiro atoms. The van der Waals surface area contributed by atoms with Crippen molar-refractivity contribution in [2.75, 3.05) is 5.32 Å². The fourth-order valence-electron chi connectivity index (χ4n) is 2.33. The van der Waals surface area contributed by atoms with Gasteiger partial charge >= 0.3 is 0 Å². The number of hydrogen-bond donors (Lipinski definition) is 2. The molecule has 2 N–H and O–H groups in total. The molecule has 0 aromatic heterocycles. The van der Waals surface area contributed by atoms with Crippen molar-refractivity contribution in [2.24, 2.45) is 5.10 Å². The third-order valence-corrected chi connectivity index (χ3v) is 3.63. The summed E-state index contributed by atoms with van der Waals surface area (Å²) < 4.78 is 0. The normalized spacial score (nSPS) is 11.0. The van der Waals surface area contributed by atoms with Crippen LogP contribution in [0.4, 0.5) is 5.69 Å². The predicted octanol–water partition coefficient (Wildman–Crippen LogP) is 3.97. The minimum atomic E-state index is -0.278. The molecule has 2 aromatic rings. The van der Waals surface area contributed by atoms with Crippen molar-refractivity contribution in [3.8, 4) is 0 Å². The first-order valence-electron chi connectivity index (χ1n) is 8.40. The molecule has 0 heterocycles. The fraction of sp³-hybridized carbons (Fsp3) is 0.250. The molecule has 0 aliphatic heterocycles. The first kappa shape index (κ1) is 18.4. The van der Waals surface area contributed by atoms with Gasteiger partial charge < -0.3 is 5.32 Å². The van der Waals surface area contributed by atoms with Crippen LogP contribution >= 0.6 is 0 Å². The second kappa shape index (κ2) is 9.37. The minimum Gasteiger partial charge on any atom is -0.326 e. The van der Waals surface area contributed by atoms with Gasteiger partial charge in [-0.25, -0.2) is 5.43 Å². The van der Waals surface area contributed by atoms with Gasteiger partial charge in [-0.15, -0.1) is 0 Å². The van der Waals surface area contributed by atoms with Crippen LogP contribution in [0.2, 0.25) is 0 Å². The molecule has 0 unspecified atom stereocenters. The highest BCUT2D eigenvalue weighted by Gasteiger charge is 2.07. The molecule has 0 saturated carbocycles. The first-order valence-corrected chi connectivity index (χ1v) is 8.40. The fourth-order valence-corrected chi connectivity index (χ4v) is 2.33. The van der Waals surface area contributed by atoms with Gasteiger partial charge in [-0.05, 0) is 42.7 Å². The third-order valence-electron chi connectivity index (χ3n) is 3.63.